The number of allylic oxidation sites excluding steroid dienone is 1. The molecule has 4 heterocycles. The van der Waals surface area contributed by atoms with Crippen molar-refractivity contribution in [3.63, 3.8) is 0 Å². The number of anilines is 3. The van der Waals surface area contributed by atoms with Gasteiger partial charge in [0.1, 0.15) is 11.6 Å². The van der Waals surface area contributed by atoms with Gasteiger partial charge in [0.15, 0.2) is 17.4 Å². The zero-order valence-corrected chi connectivity index (χ0v) is 18.6. The van der Waals surface area contributed by atoms with Gasteiger partial charge in [-0.2, -0.15) is 15.1 Å². The Labute approximate surface area is 194 Å². The lowest BCUT2D eigenvalue weighted by molar-refractivity contribution is -0.120. The number of nitrogens with zero attached hydrogens (tertiary/aromatic N) is 4. The fourth-order valence-electron chi connectivity index (χ4n) is 3.78. The van der Waals surface area contributed by atoms with Crippen molar-refractivity contribution in [2.75, 3.05) is 29.9 Å². The van der Waals surface area contributed by atoms with Crippen molar-refractivity contribution in [1.82, 2.24) is 30.5 Å². The van der Waals surface area contributed by atoms with Crippen molar-refractivity contribution in [2.45, 2.75) is 13.8 Å². The van der Waals surface area contributed by atoms with E-state index in [9.17, 15) is 4.79 Å². The van der Waals surface area contributed by atoms with Crippen molar-refractivity contribution in [2.24, 2.45) is 0 Å². The van der Waals surface area contributed by atoms with Gasteiger partial charge in [0.05, 0.1) is 12.2 Å². The molecule has 0 aliphatic carbocycles. The largest absolute Gasteiger partial charge is 0.421 e. The lowest BCUT2D eigenvalue weighted by Gasteiger charge is -2.27. The molecule has 1 amide bonds. The first-order valence-corrected chi connectivity index (χ1v) is 10.8. The molecule has 5 rings (SSSR count). The highest BCUT2D eigenvalue weighted by molar-refractivity contribution is 5.83. The van der Waals surface area contributed by atoms with E-state index in [0.29, 0.717) is 41.4 Å². The third-order valence-electron chi connectivity index (χ3n) is 5.29. The van der Waals surface area contributed by atoms with Crippen LogP contribution in [0.25, 0.3) is 17.0 Å². The van der Waals surface area contributed by atoms with Crippen LogP contribution in [0, 0.1) is 12.7 Å². The van der Waals surface area contributed by atoms with E-state index in [1.807, 2.05) is 37.0 Å². The number of benzene rings is 1. The topological polar surface area (TPSA) is 124 Å². The molecule has 0 unspecified atom stereocenters. The summed E-state index contributed by atoms with van der Waals surface area (Å²) in [4.78, 5) is 25.7. The van der Waals surface area contributed by atoms with E-state index in [1.54, 1.807) is 18.2 Å². The summed E-state index contributed by atoms with van der Waals surface area (Å²) in [6, 6.07) is 8.45. The predicted octanol–water partition coefficient (Wildman–Crippen LogP) is 3.63. The number of carbonyl (C=O) groups is 1. The molecule has 4 aromatic rings. The SMILES string of the molecule is C/C=C/c1cc(Nc2cc(N3CCNC(=O)C3)nc(Oc3ccc4[nH]c(C)cc4c3F)n2)n[nH]1. The molecule has 0 radical (unpaired) electrons. The number of aryl methyl sites for hydroxylation is 1. The lowest BCUT2D eigenvalue weighted by Crippen LogP contribution is -2.48. The van der Waals surface area contributed by atoms with Gasteiger partial charge in [0.2, 0.25) is 5.91 Å². The third-order valence-corrected chi connectivity index (χ3v) is 5.29. The number of aromatic amines is 2. The van der Waals surface area contributed by atoms with Crippen molar-refractivity contribution >= 4 is 40.3 Å². The van der Waals surface area contributed by atoms with Crippen molar-refractivity contribution in [1.29, 1.82) is 0 Å². The smallest absolute Gasteiger partial charge is 0.326 e. The van der Waals surface area contributed by atoms with E-state index in [2.05, 4.69) is 35.8 Å². The van der Waals surface area contributed by atoms with Gasteiger partial charge in [-0.05, 0) is 38.1 Å². The Balaban J connectivity index is 1.50. The highest BCUT2D eigenvalue weighted by Gasteiger charge is 2.21. The van der Waals surface area contributed by atoms with E-state index < -0.39 is 5.82 Å². The fourth-order valence-corrected chi connectivity index (χ4v) is 3.78. The molecule has 174 valence electrons. The number of piperazine rings is 1. The fraction of sp³-hybridized carbons (Fsp3) is 0.217. The molecule has 34 heavy (non-hydrogen) atoms. The summed E-state index contributed by atoms with van der Waals surface area (Å²) in [7, 11) is 0. The molecule has 11 heteroatoms. The van der Waals surface area contributed by atoms with Crippen LogP contribution in [-0.2, 0) is 4.79 Å². The molecule has 1 saturated heterocycles. The van der Waals surface area contributed by atoms with Crippen LogP contribution in [0.2, 0.25) is 0 Å². The lowest BCUT2D eigenvalue weighted by atomic mass is 10.2. The number of amides is 1. The summed E-state index contributed by atoms with van der Waals surface area (Å²) >= 11 is 0. The van der Waals surface area contributed by atoms with Gasteiger partial charge < -0.3 is 25.3 Å². The molecule has 0 saturated carbocycles. The van der Waals surface area contributed by atoms with E-state index in [-0.39, 0.29) is 24.2 Å². The molecular formula is C23H23FN8O2. The average molecular weight is 462 g/mol. The van der Waals surface area contributed by atoms with Gasteiger partial charge in [0, 0.05) is 41.8 Å². The Kier molecular flexibility index (Phi) is 5.58. The van der Waals surface area contributed by atoms with Crippen molar-refractivity contribution < 1.29 is 13.9 Å². The Hall–Kier alpha value is -4.41. The van der Waals surface area contributed by atoms with E-state index in [0.717, 1.165) is 11.4 Å². The minimum Gasteiger partial charge on any atom is -0.421 e. The zero-order valence-electron chi connectivity index (χ0n) is 18.6. The van der Waals surface area contributed by atoms with Gasteiger partial charge in [-0.15, -0.1) is 0 Å². The van der Waals surface area contributed by atoms with E-state index in [4.69, 9.17) is 4.74 Å². The standard InChI is InChI=1S/C23H23FN8O2/c1-3-4-14-10-19(31-30-14)27-18-11-20(32-8-7-25-21(33)12-32)29-23(28-18)34-17-6-5-16-15(22(17)24)9-13(2)26-16/h3-6,9-11,26H,7-8,12H2,1-2H3,(H,25,33)(H2,27,28,29,30,31)/b4-3+. The number of fused-ring (bicyclic) bond motifs is 1. The molecule has 1 aliphatic heterocycles. The molecule has 0 bridgehead atoms. The number of rotatable bonds is 6. The maximum atomic E-state index is 15.1. The quantitative estimate of drug-likeness (QED) is 0.345. The Bertz CT molecular complexity index is 1390. The average Bonchev–Trinajstić information content (AvgIpc) is 3.42. The molecule has 10 nitrogen and oxygen atoms in total. The number of ether oxygens (including phenoxy) is 1. The van der Waals surface area contributed by atoms with Crippen LogP contribution < -0.4 is 20.3 Å². The summed E-state index contributed by atoms with van der Waals surface area (Å²) in [5, 5.41) is 13.4. The minimum atomic E-state index is -0.508. The van der Waals surface area contributed by atoms with E-state index in [1.165, 1.54) is 6.07 Å². The summed E-state index contributed by atoms with van der Waals surface area (Å²) in [6.45, 7) is 4.97. The maximum absolute atomic E-state index is 15.1. The Morgan fingerprint density at radius 2 is 2.09 bits per heavy atom. The summed E-state index contributed by atoms with van der Waals surface area (Å²) in [5.74, 6) is 0.793. The first-order chi connectivity index (χ1) is 16.5. The second kappa shape index (κ2) is 8.85. The summed E-state index contributed by atoms with van der Waals surface area (Å²) in [6.07, 6.45) is 3.77. The highest BCUT2D eigenvalue weighted by atomic mass is 19.1. The number of nitrogens with one attached hydrogen (secondary N) is 4. The van der Waals surface area contributed by atoms with Gasteiger partial charge in [-0.1, -0.05) is 6.08 Å². The van der Waals surface area contributed by atoms with E-state index >= 15 is 4.39 Å². The van der Waals surface area contributed by atoms with Gasteiger partial charge in [-0.25, -0.2) is 4.39 Å². The van der Waals surface area contributed by atoms with Crippen LogP contribution in [0.4, 0.5) is 21.8 Å². The normalized spacial score (nSPS) is 14.1. The number of hydrogen-bond donors (Lipinski definition) is 4. The molecule has 1 fully saturated rings. The highest BCUT2D eigenvalue weighted by Crippen LogP contribution is 2.31. The number of hydrogen-bond acceptors (Lipinski definition) is 7. The Morgan fingerprint density at radius 3 is 2.91 bits per heavy atom. The molecular weight excluding hydrogens is 439 g/mol. The van der Waals surface area contributed by atoms with Crippen LogP contribution in [-0.4, -0.2) is 50.7 Å². The molecule has 1 aromatic carbocycles. The molecule has 1 aliphatic rings. The number of aromatic nitrogens is 5. The van der Waals surface area contributed by atoms with Crippen LogP contribution in [0.15, 0.2) is 36.4 Å². The molecule has 3 aromatic heterocycles. The number of carbonyl (C=O) groups excluding carboxylic acids is 1. The number of halogens is 1. The predicted molar refractivity (Wildman–Crippen MR) is 127 cm³/mol. The molecule has 0 atom stereocenters. The monoisotopic (exact) mass is 462 g/mol. The van der Waals surface area contributed by atoms with Crippen LogP contribution in [0.5, 0.6) is 11.8 Å². The maximum Gasteiger partial charge on any atom is 0.326 e. The van der Waals surface area contributed by atoms with Crippen molar-refractivity contribution in [3.8, 4) is 11.8 Å². The zero-order chi connectivity index (χ0) is 23.7. The second-order valence-electron chi connectivity index (χ2n) is 7.89. The number of H-pyrrole nitrogens is 2. The molecule has 0 spiro atoms. The minimum absolute atomic E-state index is 0.00104. The third kappa shape index (κ3) is 4.40. The van der Waals surface area contributed by atoms with Crippen LogP contribution in [0.1, 0.15) is 18.3 Å². The summed E-state index contributed by atoms with van der Waals surface area (Å²) < 4.78 is 20.9. The Morgan fingerprint density at radius 1 is 1.21 bits per heavy atom. The summed E-state index contributed by atoms with van der Waals surface area (Å²) in [5.41, 5.74) is 2.34. The van der Waals surface area contributed by atoms with Gasteiger partial charge in [0.25, 0.3) is 0 Å². The van der Waals surface area contributed by atoms with Crippen LogP contribution >= 0.6 is 0 Å². The van der Waals surface area contributed by atoms with Crippen LogP contribution in [0.3, 0.4) is 0 Å². The van der Waals surface area contributed by atoms with Gasteiger partial charge in [-0.3, -0.25) is 9.89 Å². The van der Waals surface area contributed by atoms with Crippen molar-refractivity contribution in [3.05, 3.63) is 53.6 Å². The first-order valence-electron chi connectivity index (χ1n) is 10.8. The second-order valence-corrected chi connectivity index (χ2v) is 7.89. The molecule has 4 N–H and O–H groups in total. The first kappa shape index (κ1) is 21.4. The van der Waals surface area contributed by atoms with Gasteiger partial charge >= 0.3 is 6.01 Å².